The molecule has 1 aromatic carbocycles. The molecule has 3 aliphatic rings. The number of fused-ring (bicyclic) bond motifs is 2. The number of carbonyl (C=O) groups is 1. The van der Waals surface area contributed by atoms with Crippen LogP contribution in [0.1, 0.15) is 49.8 Å². The maximum absolute atomic E-state index is 15.2. The van der Waals surface area contributed by atoms with E-state index in [1.54, 1.807) is 0 Å². The molecule has 7 heteroatoms. The number of aromatic amines is 1. The van der Waals surface area contributed by atoms with Crippen LogP contribution in [0, 0.1) is 11.7 Å². The maximum Gasteiger partial charge on any atom is 0.303 e. The highest BCUT2D eigenvalue weighted by atomic mass is 19.1. The molecule has 35 heavy (non-hydrogen) atoms. The maximum atomic E-state index is 15.2. The van der Waals surface area contributed by atoms with Gasteiger partial charge in [-0.2, -0.15) is 0 Å². The van der Waals surface area contributed by atoms with Gasteiger partial charge in [0, 0.05) is 72.6 Å². The number of hydrogen-bond acceptors (Lipinski definition) is 4. The molecule has 0 saturated heterocycles. The minimum Gasteiger partial charge on any atom is -0.481 e. The Morgan fingerprint density at radius 3 is 2.77 bits per heavy atom. The van der Waals surface area contributed by atoms with E-state index in [2.05, 4.69) is 39.0 Å². The fourth-order valence-corrected chi connectivity index (χ4v) is 6.44. The number of halogens is 1. The van der Waals surface area contributed by atoms with E-state index in [0.717, 1.165) is 78.7 Å². The second-order valence-electron chi connectivity index (χ2n) is 10.3. The molecule has 2 N–H and O–H groups in total. The minimum atomic E-state index is -0.677. The molecule has 0 atom stereocenters. The molecular formula is C28H31FN4O2. The summed E-state index contributed by atoms with van der Waals surface area (Å²) in [6, 6.07) is 8.55. The van der Waals surface area contributed by atoms with Gasteiger partial charge in [-0.1, -0.05) is 24.3 Å². The number of nitrogens with zero attached hydrogens (tertiary/aromatic N) is 3. The Labute approximate surface area is 204 Å². The summed E-state index contributed by atoms with van der Waals surface area (Å²) in [5, 5.41) is 9.98. The summed E-state index contributed by atoms with van der Waals surface area (Å²) in [5.74, 6) is -0.635. The predicted octanol–water partition coefficient (Wildman–Crippen LogP) is 5.44. The number of benzene rings is 1. The van der Waals surface area contributed by atoms with E-state index in [1.807, 2.05) is 18.2 Å². The Morgan fingerprint density at radius 2 is 2.03 bits per heavy atom. The van der Waals surface area contributed by atoms with Crippen LogP contribution < -0.4 is 4.90 Å². The van der Waals surface area contributed by atoms with Crippen molar-refractivity contribution in [2.24, 2.45) is 5.92 Å². The molecule has 1 saturated carbocycles. The van der Waals surface area contributed by atoms with E-state index in [0.29, 0.717) is 30.5 Å². The zero-order valence-electron chi connectivity index (χ0n) is 20.1. The molecule has 0 unspecified atom stereocenters. The van der Waals surface area contributed by atoms with Crippen LogP contribution in [-0.2, 0) is 11.3 Å². The largest absolute Gasteiger partial charge is 0.481 e. The lowest BCUT2D eigenvalue weighted by molar-refractivity contribution is -0.138. The minimum absolute atomic E-state index is 0.283. The van der Waals surface area contributed by atoms with Crippen molar-refractivity contribution in [3.05, 3.63) is 53.6 Å². The molecule has 3 aromatic rings. The van der Waals surface area contributed by atoms with Crippen LogP contribution >= 0.6 is 0 Å². The molecular weight excluding hydrogens is 443 g/mol. The summed E-state index contributed by atoms with van der Waals surface area (Å²) >= 11 is 0. The number of H-pyrrole nitrogens is 1. The van der Waals surface area contributed by atoms with Crippen molar-refractivity contribution in [3.63, 3.8) is 0 Å². The molecule has 0 spiro atoms. The average molecular weight is 475 g/mol. The lowest BCUT2D eigenvalue weighted by Gasteiger charge is -2.38. The van der Waals surface area contributed by atoms with Crippen molar-refractivity contribution in [1.82, 2.24) is 14.9 Å². The Kier molecular flexibility index (Phi) is 5.60. The highest BCUT2D eigenvalue weighted by Crippen LogP contribution is 2.44. The van der Waals surface area contributed by atoms with Crippen LogP contribution in [0.15, 0.2) is 36.5 Å². The Morgan fingerprint density at radius 1 is 1.23 bits per heavy atom. The zero-order chi connectivity index (χ0) is 24.1. The van der Waals surface area contributed by atoms with Gasteiger partial charge in [0.25, 0.3) is 0 Å². The smallest absolute Gasteiger partial charge is 0.303 e. The van der Waals surface area contributed by atoms with Gasteiger partial charge in [-0.15, -0.1) is 0 Å². The zero-order valence-corrected chi connectivity index (χ0v) is 20.1. The van der Waals surface area contributed by atoms with Gasteiger partial charge in [0.2, 0.25) is 0 Å². The van der Waals surface area contributed by atoms with Crippen molar-refractivity contribution < 1.29 is 14.3 Å². The first-order valence-electron chi connectivity index (χ1n) is 12.6. The molecule has 2 aliphatic heterocycles. The lowest BCUT2D eigenvalue weighted by Crippen LogP contribution is -2.40. The summed E-state index contributed by atoms with van der Waals surface area (Å²) in [7, 11) is 2.07. The lowest BCUT2D eigenvalue weighted by atomic mass is 9.83. The van der Waals surface area contributed by atoms with E-state index < -0.39 is 5.97 Å². The topological polar surface area (TPSA) is 72.5 Å². The summed E-state index contributed by atoms with van der Waals surface area (Å²) < 4.78 is 15.2. The molecule has 1 fully saturated rings. The number of anilines is 1. The van der Waals surface area contributed by atoms with Crippen LogP contribution in [-0.4, -0.2) is 52.1 Å². The van der Waals surface area contributed by atoms with Gasteiger partial charge in [0.15, 0.2) is 0 Å². The van der Waals surface area contributed by atoms with E-state index in [4.69, 9.17) is 5.11 Å². The molecule has 6 nitrogen and oxygen atoms in total. The van der Waals surface area contributed by atoms with E-state index in [1.165, 1.54) is 11.8 Å². The number of aliphatic carboxylic acids is 1. The van der Waals surface area contributed by atoms with Gasteiger partial charge in [0.1, 0.15) is 11.5 Å². The Bertz CT molecular complexity index is 1320. The number of carboxylic acid groups (broad SMARTS) is 1. The number of nitrogens with one attached hydrogen (secondary N) is 1. The van der Waals surface area contributed by atoms with Crippen molar-refractivity contribution in [3.8, 4) is 11.1 Å². The van der Waals surface area contributed by atoms with E-state index >= 15 is 4.39 Å². The SMILES string of the molecule is CN1Cc2c(C3=CCN([C@H]4CC[C@@H](CC(=O)O)CC4)CC3)[nH]c3ncc(F)c(c23)-c2ccccc21. The van der Waals surface area contributed by atoms with E-state index in [-0.39, 0.29) is 5.82 Å². The quantitative estimate of drug-likeness (QED) is 0.527. The van der Waals surface area contributed by atoms with Gasteiger partial charge < -0.3 is 15.0 Å². The molecule has 4 heterocycles. The second-order valence-corrected chi connectivity index (χ2v) is 10.3. The molecule has 0 radical (unpaired) electrons. The summed E-state index contributed by atoms with van der Waals surface area (Å²) in [4.78, 5) is 23.8. The van der Waals surface area contributed by atoms with Gasteiger partial charge in [-0.25, -0.2) is 9.37 Å². The van der Waals surface area contributed by atoms with Gasteiger partial charge in [-0.05, 0) is 49.7 Å². The number of hydrogen-bond donors (Lipinski definition) is 2. The Balaban J connectivity index is 1.29. The summed E-state index contributed by atoms with van der Waals surface area (Å²) in [6.45, 7) is 2.57. The molecule has 2 aromatic heterocycles. The van der Waals surface area contributed by atoms with E-state index in [9.17, 15) is 4.79 Å². The number of pyridine rings is 1. The second kappa shape index (κ2) is 8.79. The number of aromatic nitrogens is 2. The fourth-order valence-electron chi connectivity index (χ4n) is 6.44. The van der Waals surface area contributed by atoms with Crippen LogP contribution in [0.5, 0.6) is 0 Å². The molecule has 6 rings (SSSR count). The summed E-state index contributed by atoms with van der Waals surface area (Å²) in [5.41, 5.74) is 6.81. The molecule has 1 aliphatic carbocycles. The van der Waals surface area contributed by atoms with Crippen molar-refractivity contribution in [1.29, 1.82) is 0 Å². The first-order chi connectivity index (χ1) is 17.0. The van der Waals surface area contributed by atoms with Crippen LogP contribution in [0.4, 0.5) is 10.1 Å². The first kappa shape index (κ1) is 22.3. The molecule has 182 valence electrons. The van der Waals surface area contributed by atoms with Crippen molar-refractivity contribution in [2.45, 2.75) is 51.1 Å². The highest BCUT2D eigenvalue weighted by molar-refractivity contribution is 6.03. The highest BCUT2D eigenvalue weighted by Gasteiger charge is 2.31. The standard InChI is InChI=1S/C28H31FN4O2/c1-32-16-21-26-25(20-4-2-3-5-23(20)32)22(29)15-30-28(26)31-27(21)18-10-12-33(13-11-18)19-8-6-17(7-9-19)14-24(34)35/h2-5,10,15,17,19H,6-9,11-14,16H2,1H3,(H,30,31)(H,34,35)/t17-,19+. The fraction of sp³-hybridized carbons (Fsp3) is 0.429. The van der Waals surface area contributed by atoms with Crippen LogP contribution in [0.25, 0.3) is 27.7 Å². The van der Waals surface area contributed by atoms with Crippen LogP contribution in [0.3, 0.4) is 0 Å². The molecule has 0 bridgehead atoms. The normalized spacial score (nSPS) is 22.6. The average Bonchev–Trinajstić information content (AvgIpc) is 3.15. The predicted molar refractivity (Wildman–Crippen MR) is 136 cm³/mol. The Hall–Kier alpha value is -3.19. The third-order valence-corrected chi connectivity index (χ3v) is 8.22. The number of rotatable bonds is 4. The monoisotopic (exact) mass is 474 g/mol. The first-order valence-corrected chi connectivity index (χ1v) is 12.6. The van der Waals surface area contributed by atoms with Gasteiger partial charge in [-0.3, -0.25) is 9.69 Å². The summed E-state index contributed by atoms with van der Waals surface area (Å²) in [6.07, 6.45) is 9.05. The third-order valence-electron chi connectivity index (χ3n) is 8.22. The van der Waals surface area contributed by atoms with Gasteiger partial charge in [0.05, 0.1) is 6.20 Å². The molecule has 0 amide bonds. The van der Waals surface area contributed by atoms with Crippen molar-refractivity contribution >= 4 is 28.3 Å². The van der Waals surface area contributed by atoms with Crippen molar-refractivity contribution in [2.75, 3.05) is 25.0 Å². The third kappa shape index (κ3) is 3.92. The van der Waals surface area contributed by atoms with Gasteiger partial charge >= 0.3 is 5.97 Å². The van der Waals surface area contributed by atoms with Crippen LogP contribution in [0.2, 0.25) is 0 Å². The number of para-hydroxylation sites is 1. The number of carboxylic acids is 1.